The zero-order valence-corrected chi connectivity index (χ0v) is 12.4. The molecule has 0 bridgehead atoms. The Morgan fingerprint density at radius 3 is 2.60 bits per heavy atom. The first-order valence-corrected chi connectivity index (χ1v) is 6.78. The first-order valence-electron chi connectivity index (χ1n) is 6.78. The third kappa shape index (κ3) is 2.40. The van der Waals surface area contributed by atoms with Crippen molar-refractivity contribution in [2.45, 2.75) is 38.6 Å². The Morgan fingerprint density at radius 1 is 1.35 bits per heavy atom. The van der Waals surface area contributed by atoms with Gasteiger partial charge in [-0.1, -0.05) is 13.0 Å². The van der Waals surface area contributed by atoms with Gasteiger partial charge in [-0.2, -0.15) is 10.5 Å². The molecule has 3 nitrogen and oxygen atoms in total. The van der Waals surface area contributed by atoms with Gasteiger partial charge in [0.05, 0.1) is 0 Å². The molecule has 1 heterocycles. The van der Waals surface area contributed by atoms with Gasteiger partial charge in [0.1, 0.15) is 17.7 Å². The second-order valence-corrected chi connectivity index (χ2v) is 6.08. The lowest BCUT2D eigenvalue weighted by molar-refractivity contribution is 0.395. The molecule has 0 amide bonds. The molecule has 1 aromatic carbocycles. The lowest BCUT2D eigenvalue weighted by atomic mass is 9.80. The van der Waals surface area contributed by atoms with Gasteiger partial charge in [-0.05, 0) is 55.5 Å². The van der Waals surface area contributed by atoms with E-state index in [0.717, 1.165) is 12.0 Å². The average molecular weight is 265 g/mol. The summed E-state index contributed by atoms with van der Waals surface area (Å²) in [5, 5.41) is 17.7. The molecule has 3 heteroatoms. The highest BCUT2D eigenvalue weighted by Crippen LogP contribution is 2.42. The highest BCUT2D eigenvalue weighted by Gasteiger charge is 2.33. The van der Waals surface area contributed by atoms with Crippen molar-refractivity contribution in [1.82, 2.24) is 0 Å². The first kappa shape index (κ1) is 14.2. The minimum atomic E-state index is 0.141. The molecule has 0 aliphatic carbocycles. The summed E-state index contributed by atoms with van der Waals surface area (Å²) in [6.07, 6.45) is 2.74. The Hall–Kier alpha value is -2.26. The van der Waals surface area contributed by atoms with Crippen LogP contribution >= 0.6 is 0 Å². The molecule has 0 radical (unpaired) electrons. The van der Waals surface area contributed by atoms with E-state index >= 15 is 0 Å². The molecule has 0 spiro atoms. The van der Waals surface area contributed by atoms with Crippen LogP contribution in [-0.4, -0.2) is 12.6 Å². The van der Waals surface area contributed by atoms with Crippen LogP contribution in [-0.2, 0) is 0 Å². The SMILES string of the molecule is C[C@@H]1CC(C)(C)N(C)c2ccc(C=C(C#N)C#N)cc21. The van der Waals surface area contributed by atoms with Gasteiger partial charge in [0, 0.05) is 18.3 Å². The number of hydrogen-bond acceptors (Lipinski definition) is 3. The smallest absolute Gasteiger partial charge is 0.130 e. The molecule has 0 unspecified atom stereocenters. The molecule has 1 aliphatic heterocycles. The first-order chi connectivity index (χ1) is 9.39. The molecule has 1 atom stereocenters. The van der Waals surface area contributed by atoms with Crippen molar-refractivity contribution in [3.63, 3.8) is 0 Å². The molecule has 20 heavy (non-hydrogen) atoms. The second-order valence-electron chi connectivity index (χ2n) is 6.08. The summed E-state index contributed by atoms with van der Waals surface area (Å²) in [5.74, 6) is 0.470. The van der Waals surface area contributed by atoms with Crippen molar-refractivity contribution < 1.29 is 0 Å². The maximum absolute atomic E-state index is 8.84. The standard InChI is InChI=1S/C17H19N3/c1-12-9-17(2,3)20(4)16-6-5-13(8-15(12)16)7-14(10-18)11-19/h5-8,12H,9H2,1-4H3/t12-/m1/s1. The van der Waals surface area contributed by atoms with E-state index in [1.165, 1.54) is 11.3 Å². The van der Waals surface area contributed by atoms with Gasteiger partial charge in [-0.15, -0.1) is 0 Å². The third-order valence-corrected chi connectivity index (χ3v) is 4.21. The predicted octanol–water partition coefficient (Wildman–Crippen LogP) is 3.84. The molecule has 1 aliphatic rings. The van der Waals surface area contributed by atoms with Gasteiger partial charge < -0.3 is 4.90 Å². The van der Waals surface area contributed by atoms with Crippen molar-refractivity contribution in [2.24, 2.45) is 0 Å². The van der Waals surface area contributed by atoms with E-state index in [2.05, 4.69) is 44.9 Å². The lowest BCUT2D eigenvalue weighted by Crippen LogP contribution is -2.45. The summed E-state index contributed by atoms with van der Waals surface area (Å²) in [6.45, 7) is 6.74. The number of allylic oxidation sites excluding steroid dienone is 1. The summed E-state index contributed by atoms with van der Waals surface area (Å²) in [5.41, 5.74) is 3.73. The van der Waals surface area contributed by atoms with Crippen molar-refractivity contribution in [3.8, 4) is 12.1 Å². The number of nitrogens with zero attached hydrogens (tertiary/aromatic N) is 3. The largest absolute Gasteiger partial charge is 0.369 e. The van der Waals surface area contributed by atoms with Crippen LogP contribution in [0.15, 0.2) is 23.8 Å². The second kappa shape index (κ2) is 5.02. The Bertz CT molecular complexity index is 625. The van der Waals surface area contributed by atoms with Crippen LogP contribution < -0.4 is 4.90 Å². The highest BCUT2D eigenvalue weighted by atomic mass is 15.2. The molecule has 0 N–H and O–H groups in total. The van der Waals surface area contributed by atoms with E-state index < -0.39 is 0 Å². The molecule has 102 valence electrons. The van der Waals surface area contributed by atoms with Crippen LogP contribution in [0.2, 0.25) is 0 Å². The van der Waals surface area contributed by atoms with Crippen molar-refractivity contribution >= 4 is 11.8 Å². The van der Waals surface area contributed by atoms with Gasteiger partial charge in [-0.3, -0.25) is 0 Å². The van der Waals surface area contributed by atoms with E-state index in [4.69, 9.17) is 10.5 Å². The summed E-state index contributed by atoms with van der Waals surface area (Å²) < 4.78 is 0. The fraction of sp³-hybridized carbons (Fsp3) is 0.412. The highest BCUT2D eigenvalue weighted by molar-refractivity contribution is 5.68. The van der Waals surface area contributed by atoms with Gasteiger partial charge in [0.15, 0.2) is 0 Å². The van der Waals surface area contributed by atoms with Crippen LogP contribution in [0.3, 0.4) is 0 Å². The van der Waals surface area contributed by atoms with Gasteiger partial charge in [-0.25, -0.2) is 0 Å². The molecule has 1 aromatic rings. The van der Waals surface area contributed by atoms with Crippen LogP contribution in [0.4, 0.5) is 5.69 Å². The molecule has 0 fully saturated rings. The lowest BCUT2D eigenvalue weighted by Gasteiger charge is -2.45. The number of hydrogen-bond donors (Lipinski definition) is 0. The summed E-state index contributed by atoms with van der Waals surface area (Å²) >= 11 is 0. The zero-order chi connectivity index (χ0) is 14.9. The number of anilines is 1. The van der Waals surface area contributed by atoms with Crippen LogP contribution in [0.1, 0.15) is 44.2 Å². The minimum Gasteiger partial charge on any atom is -0.369 e. The topological polar surface area (TPSA) is 50.8 Å². The minimum absolute atomic E-state index is 0.141. The summed E-state index contributed by atoms with van der Waals surface area (Å²) in [6, 6.07) is 9.96. The summed E-state index contributed by atoms with van der Waals surface area (Å²) in [4.78, 5) is 2.31. The van der Waals surface area contributed by atoms with Gasteiger partial charge in [0.2, 0.25) is 0 Å². The zero-order valence-electron chi connectivity index (χ0n) is 12.4. The fourth-order valence-corrected chi connectivity index (χ4v) is 2.94. The number of fused-ring (bicyclic) bond motifs is 1. The average Bonchev–Trinajstić information content (AvgIpc) is 2.42. The van der Waals surface area contributed by atoms with Crippen LogP contribution in [0.5, 0.6) is 0 Å². The Morgan fingerprint density at radius 2 is 2.00 bits per heavy atom. The Kier molecular flexibility index (Phi) is 3.55. The number of rotatable bonds is 1. The Balaban J connectivity index is 2.49. The van der Waals surface area contributed by atoms with Crippen LogP contribution in [0.25, 0.3) is 6.08 Å². The predicted molar refractivity (Wildman–Crippen MR) is 81.2 cm³/mol. The molecular formula is C17H19N3. The third-order valence-electron chi connectivity index (χ3n) is 4.21. The maximum atomic E-state index is 8.84. The van der Waals surface area contributed by atoms with E-state index in [1.807, 2.05) is 18.2 Å². The molecular weight excluding hydrogens is 246 g/mol. The number of benzene rings is 1. The van der Waals surface area contributed by atoms with Crippen molar-refractivity contribution in [3.05, 3.63) is 34.9 Å². The maximum Gasteiger partial charge on any atom is 0.130 e. The van der Waals surface area contributed by atoms with E-state index in [0.29, 0.717) is 5.92 Å². The molecule has 0 saturated heterocycles. The van der Waals surface area contributed by atoms with Gasteiger partial charge >= 0.3 is 0 Å². The van der Waals surface area contributed by atoms with E-state index in [1.54, 1.807) is 6.08 Å². The molecule has 0 saturated carbocycles. The normalized spacial score (nSPS) is 19.5. The summed E-state index contributed by atoms with van der Waals surface area (Å²) in [7, 11) is 2.12. The monoisotopic (exact) mass is 265 g/mol. The van der Waals surface area contributed by atoms with Crippen molar-refractivity contribution in [1.29, 1.82) is 10.5 Å². The Labute approximate surface area is 120 Å². The quantitative estimate of drug-likeness (QED) is 0.725. The van der Waals surface area contributed by atoms with Crippen molar-refractivity contribution in [2.75, 3.05) is 11.9 Å². The van der Waals surface area contributed by atoms with Crippen LogP contribution in [0, 0.1) is 22.7 Å². The number of nitriles is 2. The van der Waals surface area contributed by atoms with Gasteiger partial charge in [0.25, 0.3) is 0 Å². The van der Waals surface area contributed by atoms with E-state index in [9.17, 15) is 0 Å². The molecule has 2 rings (SSSR count). The molecule has 0 aromatic heterocycles. The fourth-order valence-electron chi connectivity index (χ4n) is 2.94. The van der Waals surface area contributed by atoms with E-state index in [-0.39, 0.29) is 11.1 Å².